The third-order valence-corrected chi connectivity index (χ3v) is 3.43. The van der Waals surface area contributed by atoms with E-state index < -0.39 is 11.6 Å². The molecule has 0 radical (unpaired) electrons. The Hall–Kier alpha value is -3.01. The van der Waals surface area contributed by atoms with Crippen LogP contribution in [0, 0.1) is 5.82 Å². The number of carbonyl (C=O) groups excluding carboxylic acids is 2. The number of hydrogen-bond donors (Lipinski definition) is 1. The maximum Gasteiger partial charge on any atom is 0.201 e. The molecule has 2 aromatic rings. The van der Waals surface area contributed by atoms with Gasteiger partial charge in [-0.25, -0.2) is 4.39 Å². The summed E-state index contributed by atoms with van der Waals surface area (Å²) >= 11 is 0. The lowest BCUT2D eigenvalue weighted by atomic mass is 10.1. The summed E-state index contributed by atoms with van der Waals surface area (Å²) in [6.45, 7) is 0. The Morgan fingerprint density at radius 1 is 1.00 bits per heavy atom. The average molecular weight is 294 g/mol. The van der Waals surface area contributed by atoms with Crippen LogP contribution in [0.3, 0.4) is 0 Å². The highest BCUT2D eigenvalue weighted by Gasteiger charge is 2.32. The highest BCUT2D eigenvalue weighted by atomic mass is 19.1. The first-order valence-electron chi connectivity index (χ1n) is 6.63. The third kappa shape index (κ3) is 2.35. The molecule has 0 aliphatic heterocycles. The van der Waals surface area contributed by atoms with Crippen molar-refractivity contribution in [1.82, 2.24) is 0 Å². The number of fused-ring (bicyclic) bond motifs is 1. The van der Waals surface area contributed by atoms with Crippen molar-refractivity contribution in [2.24, 2.45) is 0 Å². The lowest BCUT2D eigenvalue weighted by Gasteiger charge is -1.97. The Labute approximate surface area is 126 Å². The molecule has 0 aromatic heterocycles. The number of hydrogen-bond acceptors (Lipinski definition) is 3. The molecule has 3 nitrogen and oxygen atoms in total. The summed E-state index contributed by atoms with van der Waals surface area (Å²) in [5.74, 6) is -1.73. The molecule has 1 N–H and O–H groups in total. The van der Waals surface area contributed by atoms with Gasteiger partial charge in [-0.05, 0) is 23.8 Å². The first-order chi connectivity index (χ1) is 10.6. The Bertz CT molecular complexity index is 830. The van der Waals surface area contributed by atoms with Crippen LogP contribution < -0.4 is 0 Å². The van der Waals surface area contributed by atoms with Crippen molar-refractivity contribution < 1.29 is 19.1 Å². The highest BCUT2D eigenvalue weighted by molar-refractivity contribution is 6.36. The number of ketones is 2. The van der Waals surface area contributed by atoms with E-state index in [1.54, 1.807) is 24.3 Å². The van der Waals surface area contributed by atoms with Crippen molar-refractivity contribution in [2.45, 2.75) is 0 Å². The fourth-order valence-electron chi connectivity index (χ4n) is 2.32. The van der Waals surface area contributed by atoms with Gasteiger partial charge in [-0.2, -0.15) is 0 Å². The minimum Gasteiger partial charge on any atom is -0.506 e. The van der Waals surface area contributed by atoms with Gasteiger partial charge in [0.1, 0.15) is 17.1 Å². The number of carbonyl (C=O) groups is 2. The van der Waals surface area contributed by atoms with Gasteiger partial charge < -0.3 is 5.11 Å². The van der Waals surface area contributed by atoms with E-state index in [1.807, 2.05) is 0 Å². The molecule has 3 rings (SSSR count). The molecule has 2 aromatic carbocycles. The van der Waals surface area contributed by atoms with Crippen molar-refractivity contribution in [3.8, 4) is 0 Å². The smallest absolute Gasteiger partial charge is 0.201 e. The summed E-state index contributed by atoms with van der Waals surface area (Å²) in [6, 6.07) is 12.1. The molecule has 0 saturated carbocycles. The predicted octanol–water partition coefficient (Wildman–Crippen LogP) is 3.57. The van der Waals surface area contributed by atoms with Gasteiger partial charge in [0.05, 0.1) is 0 Å². The molecule has 0 spiro atoms. The molecule has 0 heterocycles. The summed E-state index contributed by atoms with van der Waals surface area (Å²) < 4.78 is 12.8. The van der Waals surface area contributed by atoms with Crippen LogP contribution in [0.25, 0.3) is 11.8 Å². The number of halogens is 1. The number of aliphatic hydroxyl groups is 1. The zero-order valence-corrected chi connectivity index (χ0v) is 11.4. The summed E-state index contributed by atoms with van der Waals surface area (Å²) in [6.07, 6.45) is 2.67. The first-order valence-corrected chi connectivity index (χ1v) is 6.63. The standard InChI is InChI=1S/C18H11FO3/c19-12-8-5-11(6-9-12)7-10-15(20)16-17(21)13-3-1-2-4-14(13)18(16)22/h1-10,21H. The SMILES string of the molecule is O=C(C=Cc1ccc(F)cc1)C1=C(O)c2ccccc2C1=O. The van der Waals surface area contributed by atoms with Crippen LogP contribution in [-0.4, -0.2) is 16.7 Å². The molecule has 1 aliphatic rings. The Balaban J connectivity index is 1.89. The van der Waals surface area contributed by atoms with Gasteiger partial charge >= 0.3 is 0 Å². The zero-order chi connectivity index (χ0) is 15.7. The van der Waals surface area contributed by atoms with Gasteiger partial charge in [0.2, 0.25) is 5.78 Å². The van der Waals surface area contributed by atoms with Gasteiger partial charge in [-0.15, -0.1) is 0 Å². The van der Waals surface area contributed by atoms with Crippen molar-refractivity contribution >= 4 is 23.4 Å². The molecule has 22 heavy (non-hydrogen) atoms. The van der Waals surface area contributed by atoms with Crippen LogP contribution in [0.15, 0.2) is 60.2 Å². The zero-order valence-electron chi connectivity index (χ0n) is 11.4. The number of benzene rings is 2. The van der Waals surface area contributed by atoms with Crippen molar-refractivity contribution in [3.63, 3.8) is 0 Å². The fraction of sp³-hybridized carbons (Fsp3) is 0. The molecule has 0 atom stereocenters. The van der Waals surface area contributed by atoms with E-state index in [-0.39, 0.29) is 17.1 Å². The number of rotatable bonds is 3. The van der Waals surface area contributed by atoms with Crippen LogP contribution in [0.2, 0.25) is 0 Å². The molecule has 0 bridgehead atoms. The fourth-order valence-corrected chi connectivity index (χ4v) is 2.32. The van der Waals surface area contributed by atoms with Crippen LogP contribution in [0.4, 0.5) is 4.39 Å². The van der Waals surface area contributed by atoms with Gasteiger partial charge in [0.25, 0.3) is 0 Å². The van der Waals surface area contributed by atoms with Crippen LogP contribution in [-0.2, 0) is 4.79 Å². The molecule has 0 fully saturated rings. The number of aliphatic hydroxyl groups excluding tert-OH is 1. The van der Waals surface area contributed by atoms with E-state index >= 15 is 0 Å². The van der Waals surface area contributed by atoms with Gasteiger partial charge in [0.15, 0.2) is 5.78 Å². The second-order valence-corrected chi connectivity index (χ2v) is 4.85. The Morgan fingerprint density at radius 3 is 2.27 bits per heavy atom. The summed E-state index contributed by atoms with van der Waals surface area (Å²) in [5, 5.41) is 10.1. The second kappa shape index (κ2) is 5.41. The summed E-state index contributed by atoms with van der Waals surface area (Å²) in [4.78, 5) is 24.4. The molecule has 0 unspecified atom stereocenters. The van der Waals surface area contributed by atoms with Gasteiger partial charge in [-0.3, -0.25) is 9.59 Å². The lowest BCUT2D eigenvalue weighted by Crippen LogP contribution is -2.08. The van der Waals surface area contributed by atoms with E-state index in [2.05, 4.69) is 0 Å². The molecule has 0 amide bonds. The van der Waals surface area contributed by atoms with Gasteiger partial charge in [0, 0.05) is 11.1 Å². The van der Waals surface area contributed by atoms with E-state index in [0.717, 1.165) is 0 Å². The second-order valence-electron chi connectivity index (χ2n) is 4.85. The molecule has 0 saturated heterocycles. The van der Waals surface area contributed by atoms with E-state index in [0.29, 0.717) is 16.7 Å². The Morgan fingerprint density at radius 2 is 1.64 bits per heavy atom. The van der Waals surface area contributed by atoms with Crippen molar-refractivity contribution in [2.75, 3.05) is 0 Å². The first kappa shape index (κ1) is 13.9. The highest BCUT2D eigenvalue weighted by Crippen LogP contribution is 2.31. The lowest BCUT2D eigenvalue weighted by molar-refractivity contribution is -0.110. The topological polar surface area (TPSA) is 54.4 Å². The Kier molecular flexibility index (Phi) is 3.43. The van der Waals surface area contributed by atoms with E-state index in [1.165, 1.54) is 36.4 Å². The van der Waals surface area contributed by atoms with Crippen molar-refractivity contribution in [1.29, 1.82) is 0 Å². The summed E-state index contributed by atoms with van der Waals surface area (Å²) in [5.41, 5.74) is 1.07. The summed E-state index contributed by atoms with van der Waals surface area (Å²) in [7, 11) is 0. The minimum atomic E-state index is -0.581. The van der Waals surface area contributed by atoms with Crippen molar-refractivity contribution in [3.05, 3.63) is 82.7 Å². The number of Topliss-reactive ketones (excluding diaryl/α,β-unsaturated/α-hetero) is 1. The molecule has 1 aliphatic carbocycles. The largest absolute Gasteiger partial charge is 0.506 e. The predicted molar refractivity (Wildman–Crippen MR) is 80.8 cm³/mol. The molecular formula is C18H11FO3. The van der Waals surface area contributed by atoms with Crippen LogP contribution in [0.1, 0.15) is 21.5 Å². The van der Waals surface area contributed by atoms with E-state index in [4.69, 9.17) is 0 Å². The third-order valence-electron chi connectivity index (χ3n) is 3.43. The molecule has 4 heteroatoms. The normalized spacial score (nSPS) is 13.8. The molecular weight excluding hydrogens is 283 g/mol. The average Bonchev–Trinajstić information content (AvgIpc) is 2.79. The van der Waals surface area contributed by atoms with Crippen LogP contribution in [0.5, 0.6) is 0 Å². The van der Waals surface area contributed by atoms with Gasteiger partial charge in [-0.1, -0.05) is 42.5 Å². The maximum atomic E-state index is 12.8. The van der Waals surface area contributed by atoms with Crippen LogP contribution >= 0.6 is 0 Å². The minimum absolute atomic E-state index is 0.237. The van der Waals surface area contributed by atoms with E-state index in [9.17, 15) is 19.1 Å². The monoisotopic (exact) mass is 294 g/mol. The maximum absolute atomic E-state index is 12.8. The number of allylic oxidation sites excluding steroid dienone is 2. The quantitative estimate of drug-likeness (QED) is 0.695. The molecule has 108 valence electrons.